The summed E-state index contributed by atoms with van der Waals surface area (Å²) >= 11 is 0. The minimum Gasteiger partial charge on any atom is -0.512 e. The first kappa shape index (κ1) is 38.6. The summed E-state index contributed by atoms with van der Waals surface area (Å²) in [4.78, 5) is 25.8. The number of carbonyl (C=O) groups is 1. The Morgan fingerprint density at radius 3 is 2.12 bits per heavy atom. The van der Waals surface area contributed by atoms with Crippen LogP contribution in [-0.2, 0) is 30.3 Å². The first-order valence-electron chi connectivity index (χ1n) is 16.8. The Kier molecular flexibility index (Phi) is 11.0. The van der Waals surface area contributed by atoms with Crippen molar-refractivity contribution < 1.29 is 34.4 Å². The number of aryl methyl sites for hydroxylation is 3. The van der Waals surface area contributed by atoms with Gasteiger partial charge in [-0.05, 0) is 79.1 Å². The summed E-state index contributed by atoms with van der Waals surface area (Å²) in [6, 6.07) is 22.3. The maximum atomic E-state index is 11.5. The van der Waals surface area contributed by atoms with Crippen LogP contribution in [0.5, 0.6) is 0 Å². The summed E-state index contributed by atoms with van der Waals surface area (Å²) in [5.41, 5.74) is 10.0. The van der Waals surface area contributed by atoms with Crippen molar-refractivity contribution in [2.24, 2.45) is 10.8 Å². The number of hydrogen-bond donors (Lipinski definition) is 1. The number of furan rings is 1. The van der Waals surface area contributed by atoms with Crippen molar-refractivity contribution in [3.8, 4) is 22.4 Å². The second-order valence-corrected chi connectivity index (χ2v) is 16.1. The van der Waals surface area contributed by atoms with Crippen LogP contribution in [0.3, 0.4) is 0 Å². The van der Waals surface area contributed by atoms with Gasteiger partial charge in [-0.1, -0.05) is 85.4 Å². The Bertz CT molecular complexity index is 2240. The molecule has 4 aromatic heterocycles. The molecule has 6 rings (SSSR count). The van der Waals surface area contributed by atoms with Gasteiger partial charge in [-0.15, -0.1) is 18.2 Å². The second kappa shape index (κ2) is 14.2. The number of fused-ring (bicyclic) bond motifs is 4. The molecule has 0 saturated heterocycles. The molecule has 0 saturated carbocycles. The first-order chi connectivity index (χ1) is 22.7. The minimum atomic E-state index is -0.417. The maximum absolute atomic E-state index is 11.5. The van der Waals surface area contributed by atoms with Gasteiger partial charge in [0.25, 0.3) is 0 Å². The van der Waals surface area contributed by atoms with Gasteiger partial charge in [0.1, 0.15) is 5.76 Å². The number of nitrogens with zero attached hydrogens (tertiary/aromatic N) is 3. The molecule has 0 bridgehead atoms. The van der Waals surface area contributed by atoms with Gasteiger partial charge >= 0.3 is 0 Å². The Morgan fingerprint density at radius 1 is 0.800 bits per heavy atom. The number of rotatable bonds is 3. The minimum absolute atomic E-state index is 0. The summed E-state index contributed by atoms with van der Waals surface area (Å²) in [6.45, 7) is 23.9. The molecule has 0 aliphatic rings. The second-order valence-electron chi connectivity index (χ2n) is 16.1. The topological polar surface area (TPSA) is 89.1 Å². The fourth-order valence-electron chi connectivity index (χ4n) is 5.40. The largest absolute Gasteiger partial charge is 0.512 e. The van der Waals surface area contributed by atoms with Crippen LogP contribution in [0.4, 0.5) is 0 Å². The van der Waals surface area contributed by atoms with Crippen molar-refractivity contribution in [2.45, 2.75) is 88.5 Å². The third-order valence-electron chi connectivity index (χ3n) is 8.67. The Labute approximate surface area is 309 Å². The molecule has 1 N–H and O–H groups in total. The average Bonchev–Trinajstić information content (AvgIpc) is 3.37. The van der Waals surface area contributed by atoms with Gasteiger partial charge in [0.05, 0.1) is 11.1 Å². The number of aliphatic hydroxyl groups is 1. The van der Waals surface area contributed by atoms with Crippen LogP contribution in [0.15, 0.2) is 77.0 Å². The molecule has 263 valence electrons. The van der Waals surface area contributed by atoms with Gasteiger partial charge in [0.15, 0.2) is 5.78 Å². The number of aromatic nitrogens is 3. The molecule has 50 heavy (non-hydrogen) atoms. The van der Waals surface area contributed by atoms with Gasteiger partial charge in [0, 0.05) is 70.8 Å². The van der Waals surface area contributed by atoms with Crippen LogP contribution in [0, 0.1) is 37.7 Å². The third-order valence-corrected chi connectivity index (χ3v) is 8.67. The van der Waals surface area contributed by atoms with E-state index >= 15 is 0 Å². The smallest absolute Gasteiger partial charge is 0.216 e. The molecular weight excluding hydrogens is 799 g/mol. The Balaban J connectivity index is 0.000000345. The van der Waals surface area contributed by atoms with Crippen molar-refractivity contribution in [2.75, 3.05) is 0 Å². The SMILES string of the molecule is CC(C)(C)C(=O)/C=C(\O)C(C)(C)C.Cc1ccc2c(n1)oc1c(-c3cc(-c4cc5ccc(C(C)(C)C)nc5cc4C)c(C)cn3)[c-]ccc12.[Ir]. The molecule has 0 aliphatic heterocycles. The third kappa shape index (κ3) is 8.22. The zero-order chi connectivity index (χ0) is 36.1. The van der Waals surface area contributed by atoms with E-state index in [2.05, 4.69) is 82.1 Å². The predicted molar refractivity (Wildman–Crippen MR) is 202 cm³/mol. The maximum Gasteiger partial charge on any atom is 0.216 e. The van der Waals surface area contributed by atoms with E-state index in [1.165, 1.54) is 17.2 Å². The summed E-state index contributed by atoms with van der Waals surface area (Å²) in [5, 5.41) is 12.7. The number of hydrogen-bond acceptors (Lipinski definition) is 6. The number of carbonyl (C=O) groups excluding carboxylic acids is 1. The molecule has 1 radical (unpaired) electrons. The van der Waals surface area contributed by atoms with Crippen LogP contribution in [0.25, 0.3) is 55.4 Å². The van der Waals surface area contributed by atoms with Crippen LogP contribution >= 0.6 is 0 Å². The van der Waals surface area contributed by atoms with Gasteiger partial charge in [-0.3, -0.25) is 9.78 Å². The van der Waals surface area contributed by atoms with E-state index in [4.69, 9.17) is 14.4 Å². The molecule has 4 heterocycles. The zero-order valence-corrected chi connectivity index (χ0v) is 33.7. The monoisotopic (exact) mass is 847 g/mol. The molecule has 6 aromatic rings. The number of benzene rings is 2. The van der Waals surface area contributed by atoms with Crippen LogP contribution in [0.1, 0.15) is 84.8 Å². The van der Waals surface area contributed by atoms with Gasteiger partial charge in [-0.2, -0.15) is 0 Å². The van der Waals surface area contributed by atoms with E-state index < -0.39 is 5.41 Å². The molecule has 0 aliphatic carbocycles. The molecule has 6 nitrogen and oxygen atoms in total. The average molecular weight is 847 g/mol. The molecule has 0 atom stereocenters. The Hall–Kier alpha value is -4.19. The van der Waals surface area contributed by atoms with Crippen molar-refractivity contribution in [3.05, 3.63) is 101 Å². The summed E-state index contributed by atoms with van der Waals surface area (Å²) in [6.07, 6.45) is 3.27. The molecule has 0 amide bonds. The van der Waals surface area contributed by atoms with Crippen molar-refractivity contribution in [1.82, 2.24) is 15.0 Å². The quantitative estimate of drug-likeness (QED) is 0.108. The number of ketones is 1. The fourth-order valence-corrected chi connectivity index (χ4v) is 5.40. The van der Waals surface area contributed by atoms with Crippen molar-refractivity contribution in [3.63, 3.8) is 0 Å². The Morgan fingerprint density at radius 2 is 1.48 bits per heavy atom. The van der Waals surface area contributed by atoms with Crippen LogP contribution < -0.4 is 0 Å². The van der Waals surface area contributed by atoms with Gasteiger partial charge in [-0.25, -0.2) is 4.98 Å². The first-order valence-corrected chi connectivity index (χ1v) is 16.8. The van der Waals surface area contributed by atoms with Crippen molar-refractivity contribution >= 4 is 38.8 Å². The molecule has 0 spiro atoms. The predicted octanol–water partition coefficient (Wildman–Crippen LogP) is 11.4. The number of aliphatic hydroxyl groups excluding tert-OH is 1. The normalized spacial score (nSPS) is 12.5. The zero-order valence-electron chi connectivity index (χ0n) is 31.3. The van der Waals surface area contributed by atoms with Crippen LogP contribution in [-0.4, -0.2) is 25.8 Å². The number of allylic oxidation sites excluding steroid dienone is 2. The fraction of sp³-hybridized carbons (Fsp3) is 0.349. The van der Waals surface area contributed by atoms with Crippen LogP contribution in [0.2, 0.25) is 0 Å². The van der Waals surface area contributed by atoms with Gasteiger partial charge < -0.3 is 14.5 Å². The van der Waals surface area contributed by atoms with E-state index in [0.717, 1.165) is 61.0 Å². The standard InChI is InChI=1S/C32H28N3O.C11H20O2.Ir/c1-18-14-27-21(11-13-29(35-27)32(4,5)6)15-25(18)26-16-28(33-17-19(26)2)24-9-7-8-22-23-12-10-20(3)34-31(23)36-30(22)24;1-10(2,3)8(12)7-9(13)11(4,5)6;/h7-8,10-17H,1-6H3;7,12H,1-6H3;/q-1;;/b;8-7-;. The molecule has 0 unspecified atom stereocenters. The van der Waals surface area contributed by atoms with E-state index in [9.17, 15) is 9.90 Å². The summed E-state index contributed by atoms with van der Waals surface area (Å²) in [5.74, 6) is 0.104. The van der Waals surface area contributed by atoms with E-state index in [-0.39, 0.29) is 42.5 Å². The van der Waals surface area contributed by atoms with E-state index in [1.54, 1.807) is 0 Å². The van der Waals surface area contributed by atoms with E-state index in [1.807, 2.05) is 72.9 Å². The molecule has 2 aromatic carbocycles. The number of pyridine rings is 3. The molecule has 7 heteroatoms. The van der Waals surface area contributed by atoms with Crippen molar-refractivity contribution in [1.29, 1.82) is 0 Å². The molecule has 0 fully saturated rings. The van der Waals surface area contributed by atoms with E-state index in [0.29, 0.717) is 5.71 Å². The van der Waals surface area contributed by atoms with Gasteiger partial charge in [0.2, 0.25) is 5.71 Å². The summed E-state index contributed by atoms with van der Waals surface area (Å²) in [7, 11) is 0. The molecular formula is C43H48IrN3O3-. The summed E-state index contributed by atoms with van der Waals surface area (Å²) < 4.78 is 6.22.